The lowest BCUT2D eigenvalue weighted by Crippen LogP contribution is -2.08. The number of halogens is 2. The third kappa shape index (κ3) is 2.79. The molecule has 1 atom stereocenters. The molecule has 1 aromatic heterocycles. The minimum Gasteiger partial charge on any atom is -0.362 e. The van der Waals surface area contributed by atoms with Gasteiger partial charge < -0.3 is 5.32 Å². The lowest BCUT2D eigenvalue weighted by Gasteiger charge is -2.16. The fourth-order valence-corrected chi connectivity index (χ4v) is 1.83. The van der Waals surface area contributed by atoms with E-state index in [1.54, 1.807) is 31.3 Å². The zero-order chi connectivity index (χ0) is 13.1. The van der Waals surface area contributed by atoms with Crippen molar-refractivity contribution in [1.82, 2.24) is 4.98 Å². The van der Waals surface area contributed by atoms with Crippen LogP contribution in [0.15, 0.2) is 36.5 Å². The Hall–Kier alpha value is -1.61. The summed E-state index contributed by atoms with van der Waals surface area (Å²) in [6.07, 6.45) is 1.66. The van der Waals surface area contributed by atoms with E-state index in [4.69, 9.17) is 11.6 Å². The van der Waals surface area contributed by atoms with E-state index in [9.17, 15) is 4.39 Å². The summed E-state index contributed by atoms with van der Waals surface area (Å²) in [4.78, 5) is 4.15. The standard InChI is InChI=1S/C14H14ClFN2/c1-9-5-6-11(8-13(9)16)10(2)18-14-12(15)4-3-7-17-14/h3-8,10H,1-2H3,(H,17,18). The van der Waals surface area contributed by atoms with Crippen LogP contribution in [0.5, 0.6) is 0 Å². The van der Waals surface area contributed by atoms with E-state index < -0.39 is 0 Å². The van der Waals surface area contributed by atoms with Gasteiger partial charge in [0.2, 0.25) is 0 Å². The molecule has 0 bridgehead atoms. The van der Waals surface area contributed by atoms with Crippen molar-refractivity contribution in [3.05, 3.63) is 58.5 Å². The lowest BCUT2D eigenvalue weighted by atomic mass is 10.1. The van der Waals surface area contributed by atoms with Crippen LogP contribution >= 0.6 is 11.6 Å². The number of nitrogens with zero attached hydrogens (tertiary/aromatic N) is 1. The van der Waals surface area contributed by atoms with Gasteiger partial charge in [-0.15, -0.1) is 0 Å². The van der Waals surface area contributed by atoms with Crippen LogP contribution in [-0.2, 0) is 0 Å². The summed E-state index contributed by atoms with van der Waals surface area (Å²) in [5.41, 5.74) is 1.50. The number of nitrogens with one attached hydrogen (secondary N) is 1. The first-order valence-corrected chi connectivity index (χ1v) is 6.09. The third-order valence-corrected chi connectivity index (χ3v) is 3.11. The van der Waals surface area contributed by atoms with Gasteiger partial charge in [-0.05, 0) is 43.2 Å². The minimum atomic E-state index is -0.201. The second-order valence-corrected chi connectivity index (χ2v) is 4.62. The first kappa shape index (κ1) is 12.8. The molecule has 0 amide bonds. The van der Waals surface area contributed by atoms with Crippen LogP contribution in [0.3, 0.4) is 0 Å². The molecule has 2 rings (SSSR count). The van der Waals surface area contributed by atoms with E-state index in [0.717, 1.165) is 5.56 Å². The van der Waals surface area contributed by atoms with Gasteiger partial charge in [0.1, 0.15) is 11.6 Å². The molecule has 0 aliphatic carbocycles. The van der Waals surface area contributed by atoms with Crippen molar-refractivity contribution in [1.29, 1.82) is 0 Å². The van der Waals surface area contributed by atoms with Gasteiger partial charge in [-0.25, -0.2) is 9.37 Å². The molecule has 94 valence electrons. The Morgan fingerprint density at radius 3 is 2.78 bits per heavy atom. The fraction of sp³-hybridized carbons (Fsp3) is 0.214. The number of pyridine rings is 1. The number of rotatable bonds is 3. The van der Waals surface area contributed by atoms with E-state index in [2.05, 4.69) is 10.3 Å². The van der Waals surface area contributed by atoms with Crippen molar-refractivity contribution in [2.75, 3.05) is 5.32 Å². The van der Waals surface area contributed by atoms with Gasteiger partial charge in [-0.3, -0.25) is 0 Å². The average molecular weight is 265 g/mol. The third-order valence-electron chi connectivity index (χ3n) is 2.81. The van der Waals surface area contributed by atoms with Gasteiger partial charge in [0, 0.05) is 6.20 Å². The molecular formula is C14H14ClFN2. The van der Waals surface area contributed by atoms with E-state index in [0.29, 0.717) is 16.4 Å². The molecule has 4 heteroatoms. The largest absolute Gasteiger partial charge is 0.362 e. The molecule has 0 fully saturated rings. The summed E-state index contributed by atoms with van der Waals surface area (Å²) >= 11 is 6.01. The number of aromatic nitrogens is 1. The smallest absolute Gasteiger partial charge is 0.145 e. The molecule has 1 aromatic carbocycles. The Morgan fingerprint density at radius 2 is 2.11 bits per heavy atom. The highest BCUT2D eigenvalue weighted by Crippen LogP contribution is 2.24. The molecule has 0 aliphatic heterocycles. The van der Waals surface area contributed by atoms with Crippen LogP contribution in [0.4, 0.5) is 10.2 Å². The topological polar surface area (TPSA) is 24.9 Å². The number of anilines is 1. The van der Waals surface area contributed by atoms with E-state index in [1.165, 1.54) is 6.07 Å². The van der Waals surface area contributed by atoms with E-state index in [1.807, 2.05) is 13.0 Å². The molecule has 2 aromatic rings. The average Bonchev–Trinajstić information content (AvgIpc) is 2.35. The Bertz CT molecular complexity index is 557. The number of benzene rings is 1. The van der Waals surface area contributed by atoms with Crippen LogP contribution < -0.4 is 5.32 Å². The van der Waals surface area contributed by atoms with E-state index >= 15 is 0 Å². The van der Waals surface area contributed by atoms with Crippen molar-refractivity contribution in [3.8, 4) is 0 Å². The van der Waals surface area contributed by atoms with E-state index in [-0.39, 0.29) is 11.9 Å². The highest BCUT2D eigenvalue weighted by molar-refractivity contribution is 6.32. The minimum absolute atomic E-state index is 0.0625. The fourth-order valence-electron chi connectivity index (χ4n) is 1.66. The van der Waals surface area contributed by atoms with Crippen molar-refractivity contribution in [2.45, 2.75) is 19.9 Å². The first-order valence-electron chi connectivity index (χ1n) is 5.71. The SMILES string of the molecule is Cc1ccc(C(C)Nc2ncccc2Cl)cc1F. The van der Waals surface area contributed by atoms with Crippen LogP contribution in [0.25, 0.3) is 0 Å². The Balaban J connectivity index is 2.19. The monoisotopic (exact) mass is 264 g/mol. The van der Waals surface area contributed by atoms with Gasteiger partial charge in [0.25, 0.3) is 0 Å². The summed E-state index contributed by atoms with van der Waals surface area (Å²) in [7, 11) is 0. The van der Waals surface area contributed by atoms with Crippen molar-refractivity contribution < 1.29 is 4.39 Å². The highest BCUT2D eigenvalue weighted by atomic mass is 35.5. The maximum Gasteiger partial charge on any atom is 0.145 e. The summed E-state index contributed by atoms with van der Waals surface area (Å²) in [6, 6.07) is 8.66. The number of hydrogen-bond donors (Lipinski definition) is 1. The molecule has 0 spiro atoms. The van der Waals surface area contributed by atoms with Gasteiger partial charge in [0.05, 0.1) is 11.1 Å². The van der Waals surface area contributed by atoms with Crippen LogP contribution in [0.2, 0.25) is 5.02 Å². The second kappa shape index (κ2) is 5.36. The zero-order valence-electron chi connectivity index (χ0n) is 10.2. The van der Waals surface area contributed by atoms with Gasteiger partial charge in [-0.1, -0.05) is 23.7 Å². The molecular weight excluding hydrogens is 251 g/mol. The van der Waals surface area contributed by atoms with Crippen molar-refractivity contribution in [3.63, 3.8) is 0 Å². The van der Waals surface area contributed by atoms with Crippen molar-refractivity contribution in [2.24, 2.45) is 0 Å². The lowest BCUT2D eigenvalue weighted by molar-refractivity contribution is 0.614. The van der Waals surface area contributed by atoms with Gasteiger partial charge in [0.15, 0.2) is 0 Å². The summed E-state index contributed by atoms with van der Waals surface area (Å²) < 4.78 is 13.5. The molecule has 1 N–H and O–H groups in total. The Labute approximate surface area is 111 Å². The second-order valence-electron chi connectivity index (χ2n) is 4.21. The van der Waals surface area contributed by atoms with Gasteiger partial charge in [-0.2, -0.15) is 0 Å². The highest BCUT2D eigenvalue weighted by Gasteiger charge is 2.09. The Kier molecular flexibility index (Phi) is 3.82. The van der Waals surface area contributed by atoms with Crippen molar-refractivity contribution >= 4 is 17.4 Å². The molecule has 1 unspecified atom stereocenters. The predicted molar refractivity (Wildman–Crippen MR) is 72.4 cm³/mol. The summed E-state index contributed by atoms with van der Waals surface area (Å²) in [5.74, 6) is 0.404. The van der Waals surface area contributed by atoms with Crippen LogP contribution in [0, 0.1) is 12.7 Å². The number of hydrogen-bond acceptors (Lipinski definition) is 2. The summed E-state index contributed by atoms with van der Waals surface area (Å²) in [6.45, 7) is 3.68. The normalized spacial score (nSPS) is 12.2. The quantitative estimate of drug-likeness (QED) is 0.891. The van der Waals surface area contributed by atoms with Crippen LogP contribution in [-0.4, -0.2) is 4.98 Å². The molecule has 0 aliphatic rings. The molecule has 18 heavy (non-hydrogen) atoms. The molecule has 1 heterocycles. The van der Waals surface area contributed by atoms with Crippen LogP contribution in [0.1, 0.15) is 24.1 Å². The zero-order valence-corrected chi connectivity index (χ0v) is 11.0. The molecule has 0 saturated heterocycles. The maximum absolute atomic E-state index is 13.5. The number of aryl methyl sites for hydroxylation is 1. The molecule has 0 saturated carbocycles. The molecule has 2 nitrogen and oxygen atoms in total. The summed E-state index contributed by atoms with van der Waals surface area (Å²) in [5, 5.41) is 3.72. The maximum atomic E-state index is 13.5. The first-order chi connectivity index (χ1) is 8.58. The predicted octanol–water partition coefficient (Wildman–Crippen LogP) is 4.36. The molecule has 0 radical (unpaired) electrons. The van der Waals surface area contributed by atoms with Gasteiger partial charge >= 0.3 is 0 Å². The Morgan fingerprint density at radius 1 is 1.33 bits per heavy atom.